The zero-order valence-corrected chi connectivity index (χ0v) is 17.9. The van der Waals surface area contributed by atoms with Crippen LogP contribution in [-0.2, 0) is 17.8 Å². The molecule has 4 rings (SSSR count). The molecule has 0 aliphatic carbocycles. The van der Waals surface area contributed by atoms with E-state index in [9.17, 15) is 4.79 Å². The van der Waals surface area contributed by atoms with Gasteiger partial charge >= 0.3 is 0 Å². The van der Waals surface area contributed by atoms with Gasteiger partial charge < -0.3 is 4.90 Å². The maximum atomic E-state index is 13.2. The quantitative estimate of drug-likeness (QED) is 0.612. The number of carbonyl (C=O) groups excluding carboxylic acids is 1. The lowest BCUT2D eigenvalue weighted by Gasteiger charge is -2.31. The van der Waals surface area contributed by atoms with Crippen LogP contribution in [-0.4, -0.2) is 47.9 Å². The lowest BCUT2D eigenvalue weighted by molar-refractivity contribution is -0.138. The summed E-state index contributed by atoms with van der Waals surface area (Å²) in [5.74, 6) is 0.225. The highest BCUT2D eigenvalue weighted by molar-refractivity contribution is 7.08. The Hall–Kier alpha value is -2.50. The van der Waals surface area contributed by atoms with Gasteiger partial charge in [0.1, 0.15) is 0 Å². The third-order valence-electron chi connectivity index (χ3n) is 5.76. The topological polar surface area (TPSA) is 36.4 Å². The molecule has 2 aromatic heterocycles. The zero-order valence-electron chi connectivity index (χ0n) is 17.0. The van der Waals surface area contributed by atoms with E-state index < -0.39 is 0 Å². The zero-order chi connectivity index (χ0) is 20.3. The van der Waals surface area contributed by atoms with Crippen molar-refractivity contribution in [3.05, 3.63) is 76.7 Å². The average molecular weight is 406 g/mol. The summed E-state index contributed by atoms with van der Waals surface area (Å²) in [6.45, 7) is 2.48. The van der Waals surface area contributed by atoms with Crippen molar-refractivity contribution in [1.29, 1.82) is 0 Å². The normalized spacial score (nSPS) is 19.4. The van der Waals surface area contributed by atoms with Crippen LogP contribution in [0.3, 0.4) is 0 Å². The first-order valence-corrected chi connectivity index (χ1v) is 11.0. The summed E-state index contributed by atoms with van der Waals surface area (Å²) in [5.41, 5.74) is 4.39. The number of likely N-dealkylation sites (tertiary alicyclic amines) is 1. The highest BCUT2D eigenvalue weighted by Gasteiger charge is 2.45. The van der Waals surface area contributed by atoms with Crippen molar-refractivity contribution < 1.29 is 4.79 Å². The van der Waals surface area contributed by atoms with E-state index >= 15 is 0 Å². The van der Waals surface area contributed by atoms with Gasteiger partial charge in [0.15, 0.2) is 0 Å². The number of pyridine rings is 1. The van der Waals surface area contributed by atoms with Gasteiger partial charge in [-0.05, 0) is 65.0 Å². The third-order valence-corrected chi connectivity index (χ3v) is 6.44. The summed E-state index contributed by atoms with van der Waals surface area (Å²) in [4.78, 5) is 21.8. The first-order chi connectivity index (χ1) is 14.1. The highest BCUT2D eigenvalue weighted by atomic mass is 32.1. The molecule has 1 aromatic carbocycles. The van der Waals surface area contributed by atoms with Crippen molar-refractivity contribution in [3.63, 3.8) is 0 Å². The van der Waals surface area contributed by atoms with E-state index in [0.29, 0.717) is 0 Å². The summed E-state index contributed by atoms with van der Waals surface area (Å²) < 4.78 is 0. The SMILES string of the molecule is CN(C)C(=O)C1(Cc2ccc(-c3ccsc3)cc2)CCN(Cc2ccccn2)C1. The van der Waals surface area contributed by atoms with Crippen LogP contribution in [0.5, 0.6) is 0 Å². The summed E-state index contributed by atoms with van der Waals surface area (Å²) in [6.07, 6.45) is 3.48. The van der Waals surface area contributed by atoms with E-state index in [1.165, 1.54) is 16.7 Å². The molecule has 0 bridgehead atoms. The highest BCUT2D eigenvalue weighted by Crippen LogP contribution is 2.37. The molecule has 29 heavy (non-hydrogen) atoms. The van der Waals surface area contributed by atoms with E-state index in [1.54, 1.807) is 16.2 Å². The van der Waals surface area contributed by atoms with Gasteiger partial charge in [-0.1, -0.05) is 30.3 Å². The minimum Gasteiger partial charge on any atom is -0.348 e. The molecule has 1 saturated heterocycles. The third kappa shape index (κ3) is 4.41. The summed E-state index contributed by atoms with van der Waals surface area (Å²) >= 11 is 1.71. The van der Waals surface area contributed by atoms with Gasteiger partial charge in [-0.2, -0.15) is 11.3 Å². The van der Waals surface area contributed by atoms with Crippen LogP contribution in [0.2, 0.25) is 0 Å². The van der Waals surface area contributed by atoms with Crippen molar-refractivity contribution >= 4 is 17.2 Å². The van der Waals surface area contributed by atoms with E-state index in [-0.39, 0.29) is 11.3 Å². The lowest BCUT2D eigenvalue weighted by atomic mass is 9.79. The molecule has 0 saturated carbocycles. The molecule has 5 heteroatoms. The molecule has 150 valence electrons. The molecule has 3 aromatic rings. The van der Waals surface area contributed by atoms with Crippen molar-refractivity contribution in [2.24, 2.45) is 5.41 Å². The average Bonchev–Trinajstić information content (AvgIpc) is 3.40. The van der Waals surface area contributed by atoms with Crippen molar-refractivity contribution in [2.45, 2.75) is 19.4 Å². The minimum absolute atomic E-state index is 0.225. The number of benzene rings is 1. The lowest BCUT2D eigenvalue weighted by Crippen LogP contribution is -2.43. The van der Waals surface area contributed by atoms with Gasteiger partial charge in [0.25, 0.3) is 0 Å². The largest absolute Gasteiger partial charge is 0.348 e. The van der Waals surface area contributed by atoms with Crippen LogP contribution in [0.25, 0.3) is 11.1 Å². The van der Waals surface area contributed by atoms with Crippen molar-refractivity contribution in [2.75, 3.05) is 27.2 Å². The maximum Gasteiger partial charge on any atom is 0.229 e. The van der Waals surface area contributed by atoms with Crippen LogP contribution in [0.4, 0.5) is 0 Å². The predicted octanol–water partition coefficient (Wildman–Crippen LogP) is 4.33. The number of rotatable bonds is 6. The number of hydrogen-bond acceptors (Lipinski definition) is 4. The van der Waals surface area contributed by atoms with Gasteiger partial charge in [0.2, 0.25) is 5.91 Å². The Bertz CT molecular complexity index is 938. The smallest absolute Gasteiger partial charge is 0.229 e. The molecule has 1 atom stereocenters. The predicted molar refractivity (Wildman–Crippen MR) is 119 cm³/mol. The fraction of sp³-hybridized carbons (Fsp3) is 0.333. The first-order valence-electron chi connectivity index (χ1n) is 10.0. The molecule has 4 nitrogen and oxygen atoms in total. The Morgan fingerprint density at radius 2 is 1.97 bits per heavy atom. The monoisotopic (exact) mass is 405 g/mol. The fourth-order valence-corrected chi connectivity index (χ4v) is 4.98. The van der Waals surface area contributed by atoms with Crippen molar-refractivity contribution in [1.82, 2.24) is 14.8 Å². The van der Waals surface area contributed by atoms with Gasteiger partial charge in [0, 0.05) is 33.4 Å². The summed E-state index contributed by atoms with van der Waals surface area (Å²) in [5, 5.41) is 4.27. The molecule has 1 aliphatic heterocycles. The molecule has 3 heterocycles. The van der Waals surface area contributed by atoms with Gasteiger partial charge in [-0.3, -0.25) is 14.7 Å². The molecule has 0 spiro atoms. The summed E-state index contributed by atoms with van der Waals surface area (Å²) in [7, 11) is 3.73. The molecule has 0 radical (unpaired) electrons. The first kappa shape index (κ1) is 19.8. The number of thiophene rings is 1. The Balaban J connectivity index is 1.52. The Morgan fingerprint density at radius 1 is 1.14 bits per heavy atom. The van der Waals surface area contributed by atoms with Gasteiger partial charge in [0.05, 0.1) is 11.1 Å². The summed E-state index contributed by atoms with van der Waals surface area (Å²) in [6, 6.07) is 16.9. The molecule has 0 N–H and O–H groups in total. The number of carbonyl (C=O) groups is 1. The van der Waals surface area contributed by atoms with Gasteiger partial charge in [-0.25, -0.2) is 0 Å². The molecular formula is C24H27N3OS. The standard InChI is InChI=1S/C24H27N3OS/c1-26(2)23(28)24(11-13-27(18-24)16-22-5-3-4-12-25-22)15-19-6-8-20(9-7-19)21-10-14-29-17-21/h3-10,12,14,17H,11,13,15-16,18H2,1-2H3. The fourth-order valence-electron chi connectivity index (χ4n) is 4.32. The van der Waals surface area contributed by atoms with Crippen LogP contribution in [0.1, 0.15) is 17.7 Å². The number of hydrogen-bond donors (Lipinski definition) is 0. The second-order valence-electron chi connectivity index (χ2n) is 8.15. The number of amides is 1. The van der Waals surface area contributed by atoms with Crippen LogP contribution >= 0.6 is 11.3 Å². The molecular weight excluding hydrogens is 378 g/mol. The molecule has 1 fully saturated rings. The molecule has 1 unspecified atom stereocenters. The minimum atomic E-state index is -0.373. The number of nitrogens with zero attached hydrogens (tertiary/aromatic N) is 3. The molecule has 1 aliphatic rings. The van der Waals surface area contributed by atoms with Crippen LogP contribution in [0, 0.1) is 5.41 Å². The van der Waals surface area contributed by atoms with E-state index in [2.05, 4.69) is 57.0 Å². The molecule has 1 amide bonds. The van der Waals surface area contributed by atoms with E-state index in [0.717, 1.165) is 38.2 Å². The maximum absolute atomic E-state index is 13.2. The van der Waals surface area contributed by atoms with Crippen LogP contribution < -0.4 is 0 Å². The van der Waals surface area contributed by atoms with E-state index in [4.69, 9.17) is 0 Å². The Labute approximate surface area is 176 Å². The van der Waals surface area contributed by atoms with E-state index in [1.807, 2.05) is 32.4 Å². The van der Waals surface area contributed by atoms with Gasteiger partial charge in [-0.15, -0.1) is 0 Å². The van der Waals surface area contributed by atoms with Crippen molar-refractivity contribution in [3.8, 4) is 11.1 Å². The Morgan fingerprint density at radius 3 is 2.62 bits per heavy atom. The Kier molecular flexibility index (Phi) is 5.79. The second kappa shape index (κ2) is 8.47. The van der Waals surface area contributed by atoms with Crippen LogP contribution in [0.15, 0.2) is 65.5 Å². The second-order valence-corrected chi connectivity index (χ2v) is 8.93. The number of aromatic nitrogens is 1.